The maximum Gasteiger partial charge on any atom is 0.194 e. The molecule has 2 aromatic heterocycles. The highest BCUT2D eigenvalue weighted by Gasteiger charge is 2.31. The Labute approximate surface area is 194 Å². The van der Waals surface area contributed by atoms with E-state index in [0.29, 0.717) is 11.6 Å². The lowest BCUT2D eigenvalue weighted by Gasteiger charge is -2.26. The molecule has 9 heteroatoms. The van der Waals surface area contributed by atoms with E-state index in [0.717, 1.165) is 34.6 Å². The number of hydrogen-bond acceptors (Lipinski definition) is 4. The third kappa shape index (κ3) is 4.14. The Morgan fingerprint density at radius 2 is 1.82 bits per heavy atom. The molecule has 1 N–H and O–H groups in total. The summed E-state index contributed by atoms with van der Waals surface area (Å²) >= 11 is 0. The second kappa shape index (κ2) is 8.57. The van der Waals surface area contributed by atoms with Gasteiger partial charge < -0.3 is 9.67 Å². The van der Waals surface area contributed by atoms with Gasteiger partial charge in [-0.05, 0) is 67.3 Å². The second-order valence-corrected chi connectivity index (χ2v) is 8.55. The van der Waals surface area contributed by atoms with Crippen LogP contribution in [0.4, 0.5) is 13.2 Å². The van der Waals surface area contributed by atoms with Crippen LogP contribution in [0.3, 0.4) is 0 Å². The van der Waals surface area contributed by atoms with Crippen molar-refractivity contribution in [3.8, 4) is 5.69 Å². The Morgan fingerprint density at radius 1 is 1.06 bits per heavy atom. The second-order valence-electron chi connectivity index (χ2n) is 8.55. The van der Waals surface area contributed by atoms with Crippen LogP contribution in [-0.2, 0) is 6.54 Å². The summed E-state index contributed by atoms with van der Waals surface area (Å²) < 4.78 is 44.6. The van der Waals surface area contributed by atoms with Crippen LogP contribution in [0.2, 0.25) is 0 Å². The molecule has 1 aliphatic heterocycles. The van der Waals surface area contributed by atoms with Gasteiger partial charge in [-0.25, -0.2) is 27.8 Å². The molecule has 6 nitrogen and oxygen atoms in total. The van der Waals surface area contributed by atoms with Gasteiger partial charge in [0.15, 0.2) is 23.3 Å². The number of hydrogen-bond donors (Lipinski definition) is 1. The summed E-state index contributed by atoms with van der Waals surface area (Å²) in [5.41, 5.74) is 4.20. The van der Waals surface area contributed by atoms with Crippen LogP contribution in [0, 0.1) is 31.3 Å². The number of halogens is 3. The Morgan fingerprint density at radius 3 is 2.50 bits per heavy atom. The normalized spacial score (nSPS) is 17.9. The van der Waals surface area contributed by atoms with E-state index in [1.54, 1.807) is 12.4 Å². The molecule has 4 aromatic rings. The van der Waals surface area contributed by atoms with Gasteiger partial charge in [-0.15, -0.1) is 0 Å². The summed E-state index contributed by atoms with van der Waals surface area (Å²) in [5, 5.41) is 14.7. The molecule has 1 aliphatic rings. The van der Waals surface area contributed by atoms with E-state index in [-0.39, 0.29) is 18.5 Å². The summed E-state index contributed by atoms with van der Waals surface area (Å²) in [7, 11) is 0. The SMILES string of the molecule is Cc1cn(-c2ccc(/C=C/c3nc4n(n3)C[C@@H](O)C[C@@H]4c3cc(F)c(F)c(F)c3)cc2C)cn1. The zero-order chi connectivity index (χ0) is 24.0. The molecule has 0 radical (unpaired) electrons. The summed E-state index contributed by atoms with van der Waals surface area (Å²) in [6, 6.07) is 7.91. The monoisotopic (exact) mass is 465 g/mol. The quantitative estimate of drug-likeness (QED) is 0.449. The van der Waals surface area contributed by atoms with E-state index in [4.69, 9.17) is 0 Å². The highest BCUT2D eigenvalue weighted by atomic mass is 19.2. The first-order chi connectivity index (χ1) is 16.3. The number of rotatable bonds is 4. The van der Waals surface area contributed by atoms with Gasteiger partial charge in [-0.1, -0.05) is 12.1 Å². The highest BCUT2D eigenvalue weighted by Crippen LogP contribution is 2.34. The van der Waals surface area contributed by atoms with Crippen molar-refractivity contribution in [3.63, 3.8) is 0 Å². The first-order valence-electron chi connectivity index (χ1n) is 10.9. The summed E-state index contributed by atoms with van der Waals surface area (Å²) in [4.78, 5) is 8.80. The van der Waals surface area contributed by atoms with Gasteiger partial charge in [0.25, 0.3) is 0 Å². The molecule has 2 atom stereocenters. The molecule has 0 aliphatic carbocycles. The molecule has 0 unspecified atom stereocenters. The van der Waals surface area contributed by atoms with Crippen LogP contribution in [0.15, 0.2) is 42.9 Å². The van der Waals surface area contributed by atoms with E-state index < -0.39 is 29.5 Å². The molecule has 0 saturated heterocycles. The van der Waals surface area contributed by atoms with Crippen LogP contribution in [0.5, 0.6) is 0 Å². The number of nitrogens with zero attached hydrogens (tertiary/aromatic N) is 5. The predicted molar refractivity (Wildman–Crippen MR) is 121 cm³/mol. The Bertz CT molecular complexity index is 1380. The van der Waals surface area contributed by atoms with Crippen LogP contribution in [-0.4, -0.2) is 35.5 Å². The summed E-state index contributed by atoms with van der Waals surface area (Å²) in [5.74, 6) is -3.80. The van der Waals surface area contributed by atoms with Gasteiger partial charge in [-0.3, -0.25) is 0 Å². The molecule has 0 bridgehead atoms. The number of aliphatic hydroxyl groups is 1. The number of aryl methyl sites for hydroxylation is 2. The molecule has 3 heterocycles. The van der Waals surface area contributed by atoms with Crippen LogP contribution >= 0.6 is 0 Å². The molecular formula is C25H22F3N5O. The number of aliphatic hydroxyl groups excluding tert-OH is 1. The average Bonchev–Trinajstić information content (AvgIpc) is 3.41. The molecular weight excluding hydrogens is 443 g/mol. The zero-order valence-electron chi connectivity index (χ0n) is 18.6. The summed E-state index contributed by atoms with van der Waals surface area (Å²) in [6.45, 7) is 4.17. The van der Waals surface area contributed by atoms with E-state index >= 15 is 0 Å². The molecule has 174 valence electrons. The maximum absolute atomic E-state index is 13.8. The Balaban J connectivity index is 1.43. The van der Waals surface area contributed by atoms with E-state index in [9.17, 15) is 18.3 Å². The minimum Gasteiger partial charge on any atom is -0.391 e. The van der Waals surface area contributed by atoms with Crippen LogP contribution < -0.4 is 0 Å². The third-order valence-electron chi connectivity index (χ3n) is 5.96. The van der Waals surface area contributed by atoms with Crippen LogP contribution in [0.25, 0.3) is 17.8 Å². The van der Waals surface area contributed by atoms with Gasteiger partial charge in [-0.2, -0.15) is 5.10 Å². The fraction of sp³-hybridized carbons (Fsp3) is 0.240. The van der Waals surface area contributed by atoms with Crippen molar-refractivity contribution in [2.45, 2.75) is 38.8 Å². The number of aromatic nitrogens is 5. The number of fused-ring (bicyclic) bond motifs is 1. The van der Waals surface area contributed by atoms with E-state index in [1.807, 2.05) is 48.9 Å². The van der Waals surface area contributed by atoms with Gasteiger partial charge in [0, 0.05) is 17.8 Å². The standard InChI is InChI=1S/C25H22F3N5O/c1-14-7-16(3-5-22(14)32-11-15(2)29-13-32)4-6-23-30-25-19(10-18(34)12-33(25)31-23)17-8-20(26)24(28)21(27)9-17/h3-9,11,13,18-19,34H,10,12H2,1-2H3/b6-4+/t18-,19+/m0/s1. The lowest BCUT2D eigenvalue weighted by molar-refractivity contribution is 0.117. The molecule has 0 spiro atoms. The number of benzene rings is 2. The van der Waals surface area contributed by atoms with Crippen LogP contribution in [0.1, 0.15) is 46.4 Å². The number of imidazole rings is 1. The van der Waals surface area contributed by atoms with Crippen molar-refractivity contribution in [2.24, 2.45) is 0 Å². The molecule has 0 amide bonds. The smallest absolute Gasteiger partial charge is 0.194 e. The van der Waals surface area contributed by atoms with Crippen molar-refractivity contribution in [1.29, 1.82) is 0 Å². The lowest BCUT2D eigenvalue weighted by Crippen LogP contribution is -2.29. The lowest BCUT2D eigenvalue weighted by atomic mass is 9.89. The zero-order valence-corrected chi connectivity index (χ0v) is 18.6. The van der Waals surface area contributed by atoms with E-state index in [1.165, 1.54) is 4.68 Å². The van der Waals surface area contributed by atoms with Crippen molar-refractivity contribution in [2.75, 3.05) is 0 Å². The van der Waals surface area contributed by atoms with Gasteiger partial charge in [0.1, 0.15) is 5.82 Å². The van der Waals surface area contributed by atoms with Crippen molar-refractivity contribution >= 4 is 12.2 Å². The minimum atomic E-state index is -1.52. The predicted octanol–water partition coefficient (Wildman–Crippen LogP) is 4.56. The Kier molecular flexibility index (Phi) is 5.57. The van der Waals surface area contributed by atoms with Gasteiger partial charge >= 0.3 is 0 Å². The molecule has 0 saturated carbocycles. The topological polar surface area (TPSA) is 68.8 Å². The van der Waals surface area contributed by atoms with Crippen molar-refractivity contribution in [3.05, 3.63) is 94.3 Å². The van der Waals surface area contributed by atoms with Gasteiger partial charge in [0.05, 0.1) is 24.7 Å². The first-order valence-corrected chi connectivity index (χ1v) is 10.9. The summed E-state index contributed by atoms with van der Waals surface area (Å²) in [6.07, 6.45) is 6.79. The third-order valence-corrected chi connectivity index (χ3v) is 5.96. The van der Waals surface area contributed by atoms with Gasteiger partial charge in [0.2, 0.25) is 0 Å². The fourth-order valence-electron chi connectivity index (χ4n) is 4.34. The van der Waals surface area contributed by atoms with E-state index in [2.05, 4.69) is 15.1 Å². The molecule has 0 fully saturated rings. The molecule has 2 aromatic carbocycles. The molecule has 5 rings (SSSR count). The molecule has 34 heavy (non-hydrogen) atoms. The van der Waals surface area contributed by atoms with Crippen molar-refractivity contribution < 1.29 is 18.3 Å². The van der Waals surface area contributed by atoms with Crippen molar-refractivity contribution in [1.82, 2.24) is 24.3 Å². The fourth-order valence-corrected chi connectivity index (χ4v) is 4.34. The largest absolute Gasteiger partial charge is 0.391 e. The maximum atomic E-state index is 13.8. The highest BCUT2D eigenvalue weighted by molar-refractivity contribution is 5.68. The average molecular weight is 465 g/mol. The first kappa shape index (κ1) is 22.1. The minimum absolute atomic E-state index is 0.209. The Hall–Kier alpha value is -3.72.